The lowest BCUT2D eigenvalue weighted by Crippen LogP contribution is -2.43. The molecule has 2 rings (SSSR count). The molecule has 0 saturated carbocycles. The van der Waals surface area contributed by atoms with Crippen molar-refractivity contribution in [2.45, 2.75) is 45.4 Å². The summed E-state index contributed by atoms with van der Waals surface area (Å²) >= 11 is 0. The van der Waals surface area contributed by atoms with Crippen LogP contribution < -0.4 is 5.32 Å². The van der Waals surface area contributed by atoms with E-state index in [4.69, 9.17) is 9.26 Å². The molecule has 6 heteroatoms. The van der Waals surface area contributed by atoms with E-state index in [0.717, 1.165) is 19.6 Å². The van der Waals surface area contributed by atoms with Crippen molar-refractivity contribution in [3.63, 3.8) is 0 Å². The number of hydrogen-bond donors (Lipinski definition) is 1. The topological polar surface area (TPSA) is 63.4 Å². The van der Waals surface area contributed by atoms with Gasteiger partial charge in [-0.25, -0.2) is 0 Å². The third-order valence-electron chi connectivity index (χ3n) is 3.54. The molecule has 0 radical (unpaired) electrons. The normalized spacial score (nSPS) is 22.6. The van der Waals surface area contributed by atoms with Gasteiger partial charge < -0.3 is 14.6 Å². The van der Waals surface area contributed by atoms with Gasteiger partial charge in [0.25, 0.3) is 0 Å². The number of piperidine rings is 1. The summed E-state index contributed by atoms with van der Waals surface area (Å²) in [7, 11) is 2.02. The fraction of sp³-hybridized carbons (Fsp3) is 0.846. The Hall–Kier alpha value is -0.980. The molecule has 1 fully saturated rings. The molecule has 0 aliphatic carbocycles. The van der Waals surface area contributed by atoms with Gasteiger partial charge in [0.1, 0.15) is 6.10 Å². The molecule has 6 nitrogen and oxygen atoms in total. The van der Waals surface area contributed by atoms with Crippen molar-refractivity contribution in [1.82, 2.24) is 20.4 Å². The van der Waals surface area contributed by atoms with Crippen LogP contribution >= 0.6 is 0 Å². The predicted molar refractivity (Wildman–Crippen MR) is 71.7 cm³/mol. The average Bonchev–Trinajstić information content (AvgIpc) is 2.88. The summed E-state index contributed by atoms with van der Waals surface area (Å²) in [5, 5.41) is 7.32. The van der Waals surface area contributed by atoms with Gasteiger partial charge in [-0.3, -0.25) is 4.90 Å². The number of nitrogens with zero attached hydrogens (tertiary/aromatic N) is 3. The van der Waals surface area contributed by atoms with Crippen molar-refractivity contribution < 1.29 is 9.26 Å². The first-order valence-electron chi connectivity index (χ1n) is 7.06. The summed E-state index contributed by atoms with van der Waals surface area (Å²) in [5.41, 5.74) is 0. The first-order chi connectivity index (χ1) is 9.22. The molecule has 1 N–H and O–H groups in total. The van der Waals surface area contributed by atoms with Gasteiger partial charge in [-0.05, 0) is 40.3 Å². The van der Waals surface area contributed by atoms with Crippen LogP contribution in [0, 0.1) is 0 Å². The minimum atomic E-state index is -0.103. The predicted octanol–water partition coefficient (Wildman–Crippen LogP) is 1.35. The number of ether oxygens (including phenoxy) is 1. The lowest BCUT2D eigenvalue weighted by molar-refractivity contribution is 0.0683. The zero-order valence-corrected chi connectivity index (χ0v) is 12.1. The zero-order valence-electron chi connectivity index (χ0n) is 12.1. The molecule has 1 aliphatic rings. The number of rotatable bonds is 6. The fourth-order valence-electron chi connectivity index (χ4n) is 2.45. The standard InChI is InChI=1S/C13H24N4O2/c1-4-18-10(2)13-15-12(19-16-13)9-17-7-5-6-11(8-17)14-3/h10-11,14H,4-9H2,1-3H3. The van der Waals surface area contributed by atoms with E-state index in [9.17, 15) is 0 Å². The van der Waals surface area contributed by atoms with E-state index in [1.165, 1.54) is 12.8 Å². The van der Waals surface area contributed by atoms with Gasteiger partial charge in [0.2, 0.25) is 5.89 Å². The monoisotopic (exact) mass is 268 g/mol. The van der Waals surface area contributed by atoms with Crippen LogP contribution in [-0.2, 0) is 11.3 Å². The SMILES string of the molecule is CCOC(C)c1noc(CN2CCCC(NC)C2)n1. The van der Waals surface area contributed by atoms with Gasteiger partial charge in [-0.1, -0.05) is 5.16 Å². The number of nitrogens with one attached hydrogen (secondary N) is 1. The van der Waals surface area contributed by atoms with E-state index in [2.05, 4.69) is 20.4 Å². The molecule has 1 aromatic rings. The molecule has 19 heavy (non-hydrogen) atoms. The Kier molecular flexibility index (Phi) is 5.30. The van der Waals surface area contributed by atoms with Crippen LogP contribution in [0.4, 0.5) is 0 Å². The molecule has 108 valence electrons. The van der Waals surface area contributed by atoms with Gasteiger partial charge >= 0.3 is 0 Å². The van der Waals surface area contributed by atoms with E-state index in [0.29, 0.717) is 24.4 Å². The first kappa shape index (κ1) is 14.4. The maximum Gasteiger partial charge on any atom is 0.240 e. The Bertz CT molecular complexity index is 382. The summed E-state index contributed by atoms with van der Waals surface area (Å²) in [4.78, 5) is 6.76. The highest BCUT2D eigenvalue weighted by molar-refractivity contribution is 4.91. The Morgan fingerprint density at radius 3 is 3.16 bits per heavy atom. The third kappa shape index (κ3) is 3.99. The van der Waals surface area contributed by atoms with Gasteiger partial charge in [0.05, 0.1) is 6.54 Å². The summed E-state index contributed by atoms with van der Waals surface area (Å²) in [5.74, 6) is 1.32. The maximum absolute atomic E-state index is 5.46. The van der Waals surface area contributed by atoms with Crippen LogP contribution in [0.15, 0.2) is 4.52 Å². The lowest BCUT2D eigenvalue weighted by atomic mass is 10.1. The minimum Gasteiger partial charge on any atom is -0.371 e. The van der Waals surface area contributed by atoms with Crippen LogP contribution in [-0.4, -0.2) is 47.8 Å². The molecule has 0 amide bonds. The molecule has 0 spiro atoms. The molecule has 0 aromatic carbocycles. The van der Waals surface area contributed by atoms with Gasteiger partial charge in [0, 0.05) is 19.2 Å². The molecule has 1 aromatic heterocycles. The highest BCUT2D eigenvalue weighted by Crippen LogP contribution is 2.16. The van der Waals surface area contributed by atoms with E-state index in [1.54, 1.807) is 0 Å². The van der Waals surface area contributed by atoms with Crippen molar-refractivity contribution in [1.29, 1.82) is 0 Å². The minimum absolute atomic E-state index is 0.103. The Morgan fingerprint density at radius 1 is 1.58 bits per heavy atom. The molecule has 2 atom stereocenters. The van der Waals surface area contributed by atoms with E-state index >= 15 is 0 Å². The van der Waals surface area contributed by atoms with Crippen LogP contribution in [0.2, 0.25) is 0 Å². The van der Waals surface area contributed by atoms with E-state index in [1.807, 2.05) is 20.9 Å². The van der Waals surface area contributed by atoms with Crippen molar-refractivity contribution >= 4 is 0 Å². The molecule has 0 bridgehead atoms. The smallest absolute Gasteiger partial charge is 0.240 e. The van der Waals surface area contributed by atoms with Gasteiger partial charge in [-0.15, -0.1) is 0 Å². The Morgan fingerprint density at radius 2 is 2.42 bits per heavy atom. The van der Waals surface area contributed by atoms with Crippen LogP contribution in [0.25, 0.3) is 0 Å². The number of hydrogen-bond acceptors (Lipinski definition) is 6. The zero-order chi connectivity index (χ0) is 13.7. The first-order valence-corrected chi connectivity index (χ1v) is 7.06. The van der Waals surface area contributed by atoms with Crippen LogP contribution in [0.3, 0.4) is 0 Å². The Balaban J connectivity index is 1.88. The van der Waals surface area contributed by atoms with Crippen LogP contribution in [0.5, 0.6) is 0 Å². The highest BCUT2D eigenvalue weighted by atomic mass is 16.5. The fourth-order valence-corrected chi connectivity index (χ4v) is 2.45. The quantitative estimate of drug-likeness (QED) is 0.840. The molecule has 2 unspecified atom stereocenters. The maximum atomic E-state index is 5.46. The largest absolute Gasteiger partial charge is 0.371 e. The second kappa shape index (κ2) is 6.98. The van der Waals surface area contributed by atoms with Crippen molar-refractivity contribution in [2.75, 3.05) is 26.7 Å². The third-order valence-corrected chi connectivity index (χ3v) is 3.54. The lowest BCUT2D eigenvalue weighted by Gasteiger charge is -2.31. The van der Waals surface area contributed by atoms with Crippen molar-refractivity contribution in [2.24, 2.45) is 0 Å². The highest BCUT2D eigenvalue weighted by Gasteiger charge is 2.21. The molecule has 1 aliphatic heterocycles. The molecular formula is C13H24N4O2. The second-order valence-electron chi connectivity index (χ2n) is 5.01. The van der Waals surface area contributed by atoms with Crippen molar-refractivity contribution in [3.05, 3.63) is 11.7 Å². The van der Waals surface area contributed by atoms with Crippen LogP contribution in [0.1, 0.15) is 44.5 Å². The van der Waals surface area contributed by atoms with Gasteiger partial charge in [0.15, 0.2) is 5.82 Å². The number of likely N-dealkylation sites (tertiary alicyclic amines) is 1. The molecular weight excluding hydrogens is 244 g/mol. The summed E-state index contributed by atoms with van der Waals surface area (Å²) in [6.07, 6.45) is 2.35. The average molecular weight is 268 g/mol. The molecule has 1 saturated heterocycles. The summed E-state index contributed by atoms with van der Waals surface area (Å²) in [6.45, 7) is 7.41. The summed E-state index contributed by atoms with van der Waals surface area (Å²) < 4.78 is 10.8. The number of aromatic nitrogens is 2. The molecule has 2 heterocycles. The van der Waals surface area contributed by atoms with Gasteiger partial charge in [-0.2, -0.15) is 4.98 Å². The Labute approximate surface area is 114 Å². The number of likely N-dealkylation sites (N-methyl/N-ethyl adjacent to an activating group) is 1. The second-order valence-corrected chi connectivity index (χ2v) is 5.01. The van der Waals surface area contributed by atoms with E-state index < -0.39 is 0 Å². The van der Waals surface area contributed by atoms with Crippen molar-refractivity contribution in [3.8, 4) is 0 Å². The summed E-state index contributed by atoms with van der Waals surface area (Å²) in [6, 6.07) is 0.568. The van der Waals surface area contributed by atoms with E-state index in [-0.39, 0.29) is 6.10 Å².